The molecule has 0 bridgehead atoms. The molecule has 0 amide bonds. The van der Waals surface area contributed by atoms with Crippen LogP contribution in [0.1, 0.15) is 43.4 Å². The highest BCUT2D eigenvalue weighted by Gasteiger charge is 2.25. The Labute approximate surface area is 168 Å². The highest BCUT2D eigenvalue weighted by atomic mass is 16.2. The predicted molar refractivity (Wildman–Crippen MR) is 117 cm³/mol. The zero-order valence-corrected chi connectivity index (χ0v) is 17.1. The van der Waals surface area contributed by atoms with Gasteiger partial charge in [0.1, 0.15) is 0 Å². The zero-order chi connectivity index (χ0) is 20.3. The van der Waals surface area contributed by atoms with Gasteiger partial charge in [0.2, 0.25) is 0 Å². The third-order valence-electron chi connectivity index (χ3n) is 6.54. The number of nitrogens with zero attached hydrogens (tertiary/aromatic N) is 3. The third-order valence-corrected chi connectivity index (χ3v) is 6.54. The molecular formula is C24H25N3O2. The maximum Gasteiger partial charge on any atom is 0.331 e. The lowest BCUT2D eigenvalue weighted by molar-refractivity contribution is 0.502. The highest BCUT2D eigenvalue weighted by Crippen LogP contribution is 2.39. The lowest BCUT2D eigenvalue weighted by Crippen LogP contribution is -2.38. The Morgan fingerprint density at radius 2 is 1.86 bits per heavy atom. The Hall–Kier alpha value is -3.08. The van der Waals surface area contributed by atoms with Gasteiger partial charge >= 0.3 is 5.69 Å². The molecule has 2 aromatic heterocycles. The molecule has 1 aliphatic rings. The minimum atomic E-state index is -0.243. The monoisotopic (exact) mass is 387 g/mol. The van der Waals surface area contributed by atoms with E-state index in [-0.39, 0.29) is 17.3 Å². The second kappa shape index (κ2) is 6.48. The molecular weight excluding hydrogens is 362 g/mol. The summed E-state index contributed by atoms with van der Waals surface area (Å²) >= 11 is 0. The molecule has 0 N–H and O–H groups in total. The molecule has 5 nitrogen and oxygen atoms in total. The molecule has 2 heterocycles. The SMILES string of the molecule is CC[C@@H](C)n1c(=O)n(C)c(=O)c2cn(C[C@H]3Cc4cccc5cccc3c45)cc21. The topological polar surface area (TPSA) is 48.9 Å². The molecule has 29 heavy (non-hydrogen) atoms. The summed E-state index contributed by atoms with van der Waals surface area (Å²) in [5.41, 5.74) is 3.05. The number of hydrogen-bond acceptors (Lipinski definition) is 2. The largest absolute Gasteiger partial charge is 0.351 e. The molecule has 0 saturated heterocycles. The summed E-state index contributed by atoms with van der Waals surface area (Å²) in [6, 6.07) is 13.1. The van der Waals surface area contributed by atoms with E-state index in [1.54, 1.807) is 11.6 Å². The molecule has 5 rings (SSSR count). The van der Waals surface area contributed by atoms with Gasteiger partial charge in [0.15, 0.2) is 0 Å². The molecule has 0 unspecified atom stereocenters. The average Bonchev–Trinajstić information content (AvgIpc) is 3.30. The van der Waals surface area contributed by atoms with Crippen LogP contribution in [-0.2, 0) is 20.0 Å². The predicted octanol–water partition coefficient (Wildman–Crippen LogP) is 3.97. The molecule has 4 aromatic rings. The summed E-state index contributed by atoms with van der Waals surface area (Å²) in [7, 11) is 1.56. The van der Waals surface area contributed by atoms with Crippen LogP contribution in [0.15, 0.2) is 58.4 Å². The summed E-state index contributed by atoms with van der Waals surface area (Å²) in [4.78, 5) is 25.5. The number of benzene rings is 2. The number of hydrogen-bond donors (Lipinski definition) is 0. The zero-order valence-electron chi connectivity index (χ0n) is 17.1. The minimum Gasteiger partial charge on any atom is -0.351 e. The van der Waals surface area contributed by atoms with Crippen LogP contribution >= 0.6 is 0 Å². The van der Waals surface area contributed by atoms with E-state index in [1.807, 2.05) is 19.3 Å². The van der Waals surface area contributed by atoms with Crippen molar-refractivity contribution in [3.05, 3.63) is 80.8 Å². The van der Waals surface area contributed by atoms with E-state index in [1.165, 1.54) is 26.5 Å². The Bertz CT molecular complexity index is 1370. The maximum absolute atomic E-state index is 12.7. The van der Waals surface area contributed by atoms with Gasteiger partial charge in [-0.2, -0.15) is 0 Å². The number of aromatic nitrogens is 3. The molecule has 5 heteroatoms. The summed E-state index contributed by atoms with van der Waals surface area (Å²) in [5.74, 6) is 0.366. The Morgan fingerprint density at radius 3 is 2.62 bits per heavy atom. The first-order valence-corrected chi connectivity index (χ1v) is 10.3. The normalized spacial score (nSPS) is 16.7. The molecule has 2 atom stereocenters. The Balaban J connectivity index is 1.61. The lowest BCUT2D eigenvalue weighted by atomic mass is 10.00. The van der Waals surface area contributed by atoms with Crippen molar-refractivity contribution in [2.75, 3.05) is 0 Å². The molecule has 0 radical (unpaired) electrons. The van der Waals surface area contributed by atoms with E-state index in [4.69, 9.17) is 0 Å². The van der Waals surface area contributed by atoms with Crippen LogP contribution in [0.4, 0.5) is 0 Å². The van der Waals surface area contributed by atoms with Crippen molar-refractivity contribution in [1.82, 2.24) is 13.7 Å². The van der Waals surface area contributed by atoms with Crippen LogP contribution in [0.2, 0.25) is 0 Å². The van der Waals surface area contributed by atoms with Crippen molar-refractivity contribution in [3.8, 4) is 0 Å². The molecule has 0 saturated carbocycles. The standard InChI is InChI=1S/C24H25N3O2/c1-4-15(2)27-21-14-26(13-20(21)23(28)25(3)24(27)29)12-18-11-17-9-5-7-16-8-6-10-19(18)22(16)17/h5-10,13-15,18H,4,11-12H2,1-3H3/t15-,18-/m1/s1. The molecule has 2 aromatic carbocycles. The van der Waals surface area contributed by atoms with E-state index in [9.17, 15) is 9.59 Å². The maximum atomic E-state index is 12.7. The van der Waals surface area contributed by atoms with Crippen molar-refractivity contribution in [1.29, 1.82) is 0 Å². The van der Waals surface area contributed by atoms with Gasteiger partial charge in [-0.05, 0) is 41.7 Å². The van der Waals surface area contributed by atoms with Gasteiger partial charge in [0.05, 0.1) is 10.9 Å². The highest BCUT2D eigenvalue weighted by molar-refractivity contribution is 5.91. The van der Waals surface area contributed by atoms with Crippen LogP contribution in [0, 0.1) is 0 Å². The summed E-state index contributed by atoms with van der Waals surface area (Å²) in [6.45, 7) is 4.87. The third kappa shape index (κ3) is 2.60. The van der Waals surface area contributed by atoms with Gasteiger partial charge in [0.25, 0.3) is 5.56 Å². The van der Waals surface area contributed by atoms with Crippen molar-refractivity contribution in [2.24, 2.45) is 7.05 Å². The molecule has 0 aliphatic heterocycles. The van der Waals surface area contributed by atoms with E-state index in [2.05, 4.69) is 47.9 Å². The van der Waals surface area contributed by atoms with Crippen LogP contribution < -0.4 is 11.2 Å². The first-order valence-electron chi connectivity index (χ1n) is 10.3. The molecule has 148 valence electrons. The molecule has 0 fully saturated rings. The van der Waals surface area contributed by atoms with Gasteiger partial charge in [-0.25, -0.2) is 4.79 Å². The van der Waals surface area contributed by atoms with Crippen molar-refractivity contribution in [3.63, 3.8) is 0 Å². The lowest BCUT2D eigenvalue weighted by Gasteiger charge is -2.15. The first kappa shape index (κ1) is 18.0. The smallest absolute Gasteiger partial charge is 0.331 e. The molecule has 1 aliphatic carbocycles. The number of rotatable bonds is 4. The molecule has 0 spiro atoms. The van der Waals surface area contributed by atoms with Gasteiger partial charge in [0, 0.05) is 37.9 Å². The van der Waals surface area contributed by atoms with Gasteiger partial charge in [-0.3, -0.25) is 13.9 Å². The van der Waals surface area contributed by atoms with Gasteiger partial charge in [-0.15, -0.1) is 0 Å². The second-order valence-electron chi connectivity index (χ2n) is 8.29. The van der Waals surface area contributed by atoms with Gasteiger partial charge < -0.3 is 4.57 Å². The van der Waals surface area contributed by atoms with Crippen LogP contribution in [0.25, 0.3) is 21.7 Å². The van der Waals surface area contributed by atoms with Crippen LogP contribution in [-0.4, -0.2) is 13.7 Å². The Morgan fingerprint density at radius 1 is 1.10 bits per heavy atom. The van der Waals surface area contributed by atoms with Crippen LogP contribution in [0.5, 0.6) is 0 Å². The number of fused-ring (bicyclic) bond motifs is 1. The fraction of sp³-hybridized carbons (Fsp3) is 0.333. The summed E-state index contributed by atoms with van der Waals surface area (Å²) in [6.07, 6.45) is 5.73. The Kier molecular flexibility index (Phi) is 4.02. The fourth-order valence-electron chi connectivity index (χ4n) is 4.85. The van der Waals surface area contributed by atoms with E-state index < -0.39 is 0 Å². The van der Waals surface area contributed by atoms with Crippen molar-refractivity contribution < 1.29 is 0 Å². The summed E-state index contributed by atoms with van der Waals surface area (Å²) < 4.78 is 5.09. The van der Waals surface area contributed by atoms with Gasteiger partial charge in [-0.1, -0.05) is 43.3 Å². The second-order valence-corrected chi connectivity index (χ2v) is 8.29. The minimum absolute atomic E-state index is 0.0390. The quantitative estimate of drug-likeness (QED) is 0.532. The fourth-order valence-corrected chi connectivity index (χ4v) is 4.85. The van der Waals surface area contributed by atoms with Crippen molar-refractivity contribution >= 4 is 21.7 Å². The van der Waals surface area contributed by atoms with Crippen molar-refractivity contribution in [2.45, 2.75) is 45.2 Å². The summed E-state index contributed by atoms with van der Waals surface area (Å²) in [5, 5.41) is 3.28. The van der Waals surface area contributed by atoms with E-state index in [0.717, 1.165) is 24.9 Å². The van der Waals surface area contributed by atoms with E-state index >= 15 is 0 Å². The first-order chi connectivity index (χ1) is 14.0. The van der Waals surface area contributed by atoms with E-state index in [0.29, 0.717) is 11.3 Å². The van der Waals surface area contributed by atoms with Crippen LogP contribution in [0.3, 0.4) is 0 Å². The average molecular weight is 387 g/mol.